The zero-order valence-corrected chi connectivity index (χ0v) is 54.5. The normalized spacial score (nSPS) is 17.6. The van der Waals surface area contributed by atoms with E-state index in [1.54, 1.807) is 41.5 Å². The van der Waals surface area contributed by atoms with Crippen LogP contribution >= 0.6 is 0 Å². The number of unbranched alkanes of at least 4 members (excludes halogenated alkanes) is 2. The highest BCUT2D eigenvalue weighted by molar-refractivity contribution is 6.42. The van der Waals surface area contributed by atoms with E-state index in [4.69, 9.17) is 24.3 Å². The number of piperidine rings is 1. The summed E-state index contributed by atoms with van der Waals surface area (Å²) in [6, 6.07) is 2.05. The highest BCUT2D eigenvalue weighted by Crippen LogP contribution is 2.50. The van der Waals surface area contributed by atoms with E-state index in [1.165, 1.54) is 29.4 Å². The Bertz CT molecular complexity index is 2860. The minimum absolute atomic E-state index is 0.000325. The zero-order valence-electron chi connectivity index (χ0n) is 54.5. The molecule has 6 aliphatic rings. The van der Waals surface area contributed by atoms with Crippen molar-refractivity contribution in [3.8, 4) is 0 Å². The van der Waals surface area contributed by atoms with Crippen molar-refractivity contribution >= 4 is 70.2 Å². The number of ketones is 1. The van der Waals surface area contributed by atoms with Crippen molar-refractivity contribution < 1.29 is 67.9 Å². The first kappa shape index (κ1) is 72.4. The van der Waals surface area contributed by atoms with E-state index in [9.17, 15) is 48.6 Å². The Morgan fingerprint density at radius 3 is 1.91 bits per heavy atom. The Labute approximate surface area is 516 Å². The van der Waals surface area contributed by atoms with Crippen LogP contribution in [0.5, 0.6) is 0 Å². The maximum Gasteiger partial charge on any atom is 0.407 e. The fourth-order valence-electron chi connectivity index (χ4n) is 10.3. The highest BCUT2D eigenvalue weighted by Gasteiger charge is 2.44. The van der Waals surface area contributed by atoms with Crippen molar-refractivity contribution in [1.29, 1.82) is 0 Å². The summed E-state index contributed by atoms with van der Waals surface area (Å²) in [5.41, 5.74) is 8.39. The van der Waals surface area contributed by atoms with Gasteiger partial charge in [-0.2, -0.15) is 0 Å². The first-order chi connectivity index (χ1) is 41.1. The molecule has 3 amide bonds. The smallest absolute Gasteiger partial charge is 0.407 e. The van der Waals surface area contributed by atoms with Crippen LogP contribution in [0.3, 0.4) is 0 Å². The number of carbonyl (C=O) groups is 8. The number of allylic oxidation sites excluding steroid dienone is 6. The van der Waals surface area contributed by atoms with Gasteiger partial charge in [-0.15, -0.1) is 0 Å². The quantitative estimate of drug-likeness (QED) is 0.0343. The number of aliphatic hydroxyl groups is 1. The predicted molar refractivity (Wildman–Crippen MR) is 337 cm³/mol. The second-order valence-corrected chi connectivity index (χ2v) is 25.1. The second-order valence-electron chi connectivity index (χ2n) is 25.1. The van der Waals surface area contributed by atoms with E-state index >= 15 is 0 Å². The third kappa shape index (κ3) is 19.2. The summed E-state index contributed by atoms with van der Waals surface area (Å²) in [4.78, 5) is 106. The van der Waals surface area contributed by atoms with Crippen LogP contribution in [0.25, 0.3) is 5.57 Å². The number of hydrogen-bond acceptors (Lipinski definition) is 15. The number of carboxylic acids is 2. The number of hydrogen-bond donors (Lipinski definition) is 4. The number of nitrogens with zero attached hydrogens (tertiary/aromatic N) is 3. The predicted octanol–water partition coefficient (Wildman–Crippen LogP) is 11.4. The summed E-state index contributed by atoms with van der Waals surface area (Å²) in [5, 5.41) is 36.2. The largest absolute Gasteiger partial charge is 0.550 e. The molecule has 0 aromatic heterocycles. The summed E-state index contributed by atoms with van der Waals surface area (Å²) in [5.74, 6) is -3.19. The number of alkyl carbamates (subject to hydrolysis) is 1. The van der Waals surface area contributed by atoms with E-state index in [2.05, 4.69) is 46.9 Å². The van der Waals surface area contributed by atoms with Gasteiger partial charge < -0.3 is 54.8 Å². The van der Waals surface area contributed by atoms with E-state index in [0.29, 0.717) is 53.8 Å². The molecule has 4 aliphatic heterocycles. The third-order valence-corrected chi connectivity index (χ3v) is 17.3. The van der Waals surface area contributed by atoms with Crippen molar-refractivity contribution in [3.63, 3.8) is 0 Å². The molecule has 0 spiro atoms. The second kappa shape index (κ2) is 33.3. The molecular weight excluding hydrogens is 1110 g/mol. The molecule has 19 nitrogen and oxygen atoms in total. The number of Topliss-reactive ketones (excluding diaryl/α,β-unsaturated/α-hetero) is 1. The van der Waals surface area contributed by atoms with Crippen LogP contribution in [0, 0.1) is 22.2 Å². The fraction of sp³-hybridized carbons (Fsp3) is 0.632. The number of amides is 3. The standard InChI is InChI=1S/C41H52N4O4.C15H25NO6.2C6H12O2/c1-4-7-13-25(6-3)41(49)43-36-29-17-12-22-45-20-10-15-27(38(29)45)24-31(36)34-39(47)33(40(34)48)30-23-26-14-9-19-44-21-11-16-28(37(26)44)35(30)42-32(46)18-8-5-2;1-6-15(4,5)13(18)21-9-10-22-14(19)16-7-8-20-12(17)11(2)3;2*1-4-6(2,3)5(7)8/h23-25,47H,4-22H2,1-3H3,(H,42,46);2,6-10H2,1,3-5H3,(H,16,19);2*4H2,1-3H3,(H,7,8)/p-1. The molecule has 1 unspecified atom stereocenters. The first-order valence-corrected chi connectivity index (χ1v) is 31.7. The van der Waals surface area contributed by atoms with Crippen LogP contribution in [0.2, 0.25) is 0 Å². The summed E-state index contributed by atoms with van der Waals surface area (Å²) in [6.07, 6.45) is 16.4. The topological polar surface area (TPSA) is 271 Å². The number of aliphatic imine (C=N–C) groups is 1. The minimum Gasteiger partial charge on any atom is -0.550 e. The number of aryl methyl sites for hydroxylation is 1. The van der Waals surface area contributed by atoms with Crippen molar-refractivity contribution in [2.45, 2.75) is 206 Å². The molecule has 0 bridgehead atoms. The van der Waals surface area contributed by atoms with E-state index < -0.39 is 40.2 Å². The minimum atomic E-state index is -0.972. The molecule has 0 radical (unpaired) electrons. The van der Waals surface area contributed by atoms with Gasteiger partial charge >= 0.3 is 24.0 Å². The van der Waals surface area contributed by atoms with Crippen LogP contribution in [-0.4, -0.2) is 121 Å². The molecule has 1 aromatic rings. The highest BCUT2D eigenvalue weighted by atomic mass is 16.6. The molecule has 1 aromatic carbocycles. The molecule has 2 aliphatic carbocycles. The molecular formula is C68H100N5O14-. The fourth-order valence-corrected chi connectivity index (χ4v) is 10.3. The Morgan fingerprint density at radius 1 is 0.759 bits per heavy atom. The molecule has 1 fully saturated rings. The molecule has 87 heavy (non-hydrogen) atoms. The van der Waals surface area contributed by atoms with Gasteiger partial charge in [0.1, 0.15) is 25.6 Å². The van der Waals surface area contributed by atoms with Gasteiger partial charge in [0.05, 0.1) is 39.9 Å². The lowest BCUT2D eigenvalue weighted by Gasteiger charge is -2.42. The van der Waals surface area contributed by atoms with Gasteiger partial charge in [-0.3, -0.25) is 24.0 Å². The number of aliphatic carboxylic acids is 2. The number of benzene rings is 1. The summed E-state index contributed by atoms with van der Waals surface area (Å²) in [6.45, 7) is 31.2. The number of esters is 2. The van der Waals surface area contributed by atoms with Gasteiger partial charge in [0.25, 0.3) is 0 Å². The molecule has 0 saturated carbocycles. The lowest BCUT2D eigenvalue weighted by atomic mass is 9.73. The molecule has 7 rings (SSSR count). The van der Waals surface area contributed by atoms with Crippen LogP contribution in [0.1, 0.15) is 209 Å². The van der Waals surface area contributed by atoms with Gasteiger partial charge in [-0.25, -0.2) is 14.6 Å². The number of aliphatic hydroxyl groups excluding tert-OH is 1. The van der Waals surface area contributed by atoms with E-state index in [0.717, 1.165) is 127 Å². The molecule has 4 heterocycles. The third-order valence-electron chi connectivity index (χ3n) is 17.3. The van der Waals surface area contributed by atoms with Crippen LogP contribution < -0.4 is 20.6 Å². The van der Waals surface area contributed by atoms with Crippen LogP contribution in [-0.2, 0) is 60.6 Å². The first-order valence-electron chi connectivity index (χ1n) is 31.7. The number of carboxylic acid groups (broad SMARTS) is 2. The molecule has 1 atom stereocenters. The molecule has 4 N–H and O–H groups in total. The van der Waals surface area contributed by atoms with Gasteiger partial charge in [-0.1, -0.05) is 81.2 Å². The van der Waals surface area contributed by atoms with Gasteiger partial charge in [-0.05, 0) is 153 Å². The van der Waals surface area contributed by atoms with Crippen LogP contribution in [0.4, 0.5) is 16.2 Å². The summed E-state index contributed by atoms with van der Waals surface area (Å²) >= 11 is 0. The molecule has 482 valence electrons. The summed E-state index contributed by atoms with van der Waals surface area (Å²) < 4.78 is 14.6. The Morgan fingerprint density at radius 2 is 1.36 bits per heavy atom. The lowest BCUT2D eigenvalue weighted by Crippen LogP contribution is -2.39. The van der Waals surface area contributed by atoms with Crippen molar-refractivity contribution in [1.82, 2.24) is 10.2 Å². The average molecular weight is 1210 g/mol. The number of ether oxygens (including phenoxy) is 3. The lowest BCUT2D eigenvalue weighted by molar-refractivity contribution is -0.317. The SMILES string of the molecule is C=C(C)C(=O)OCCNC(=O)OCCOC(=O)C(C)(C)CC.CCC(C)(C)C(=O)O.CCC(C)(C)C(=O)[O-].CCCCC(=O)Nc1c(C2=C(O)C(=C3C=C4CCCN5CCCC(=C45)C3=NC(=O)C(CC)CCCC)C2=O)cc2c3c1CCCN3CCC2. The molecule has 19 heteroatoms. The van der Waals surface area contributed by atoms with Gasteiger partial charge in [0.2, 0.25) is 17.6 Å². The van der Waals surface area contributed by atoms with Crippen molar-refractivity contribution in [2.24, 2.45) is 27.2 Å². The van der Waals surface area contributed by atoms with Crippen molar-refractivity contribution in [2.75, 3.05) is 62.8 Å². The van der Waals surface area contributed by atoms with E-state index in [1.807, 2.05) is 33.8 Å². The number of nitrogens with one attached hydrogen (secondary N) is 2. The Balaban J connectivity index is 0.000000351. The summed E-state index contributed by atoms with van der Waals surface area (Å²) in [7, 11) is 0. The number of anilines is 2. The number of carbonyl (C=O) groups excluding carboxylic acids is 7. The van der Waals surface area contributed by atoms with E-state index in [-0.39, 0.29) is 72.8 Å². The molecule has 1 saturated heterocycles. The number of rotatable bonds is 23. The average Bonchev–Trinajstić information content (AvgIpc) is 0.743. The van der Waals surface area contributed by atoms with Gasteiger partial charge in [0, 0.05) is 83.6 Å². The monoisotopic (exact) mass is 1210 g/mol. The van der Waals surface area contributed by atoms with Crippen molar-refractivity contribution in [3.05, 3.63) is 74.7 Å². The Kier molecular flexibility index (Phi) is 27.8. The van der Waals surface area contributed by atoms with Gasteiger partial charge in [0.15, 0.2) is 0 Å². The zero-order chi connectivity index (χ0) is 65.0. The maximum absolute atomic E-state index is 14.5. The maximum atomic E-state index is 14.5. The Hall–Kier alpha value is -7.05. The van der Waals surface area contributed by atoms with Crippen LogP contribution in [0.15, 0.2) is 63.0 Å².